The molecular weight excluding hydrogens is 184 g/mol. The van der Waals surface area contributed by atoms with E-state index in [0.29, 0.717) is 11.3 Å². The number of rotatable bonds is 0. The number of carbonyl (C=O) groups is 2. The molecule has 0 saturated carbocycles. The predicted octanol–water partition coefficient (Wildman–Crippen LogP) is 0.872. The molecule has 14 heavy (non-hydrogen) atoms. The lowest BCUT2D eigenvalue weighted by atomic mass is 10.1. The molecule has 2 N–H and O–H groups in total. The molecule has 1 heterocycles. The second-order valence-corrected chi connectivity index (χ2v) is 2.89. The molecule has 0 aromatic heterocycles. The highest BCUT2D eigenvalue weighted by Crippen LogP contribution is 2.22. The summed E-state index contributed by atoms with van der Waals surface area (Å²) >= 11 is 0. The Hall–Kier alpha value is -2.04. The molecular formula is C9H8N2O3. The van der Waals surface area contributed by atoms with E-state index in [0.717, 1.165) is 4.90 Å². The minimum Gasteiger partial charge on any atom is -0.465 e. The Morgan fingerprint density at radius 2 is 2.14 bits per heavy atom. The van der Waals surface area contributed by atoms with Gasteiger partial charge in [0, 0.05) is 0 Å². The van der Waals surface area contributed by atoms with Gasteiger partial charge < -0.3 is 10.4 Å². The normalized spacial score (nSPS) is 14.6. The number of nitrogens with one attached hydrogen (secondary N) is 1. The number of carboxylic acid groups (broad SMARTS) is 1. The molecule has 0 atom stereocenters. The van der Waals surface area contributed by atoms with Gasteiger partial charge in [0.05, 0.1) is 11.3 Å². The van der Waals surface area contributed by atoms with Crippen LogP contribution < -0.4 is 10.2 Å². The van der Waals surface area contributed by atoms with Crippen LogP contribution in [0.15, 0.2) is 24.3 Å². The molecule has 0 unspecified atom stereocenters. The summed E-state index contributed by atoms with van der Waals surface area (Å²) in [4.78, 5) is 23.2. The third-order valence-corrected chi connectivity index (χ3v) is 2.07. The van der Waals surface area contributed by atoms with Crippen molar-refractivity contribution in [2.75, 3.05) is 11.6 Å². The summed E-state index contributed by atoms with van der Waals surface area (Å²) < 4.78 is 0. The summed E-state index contributed by atoms with van der Waals surface area (Å²) in [6.45, 7) is 0.00514. The highest BCUT2D eigenvalue weighted by molar-refractivity contribution is 6.05. The molecule has 1 aromatic carbocycles. The van der Waals surface area contributed by atoms with E-state index in [1.54, 1.807) is 24.3 Å². The van der Waals surface area contributed by atoms with Gasteiger partial charge in [-0.2, -0.15) is 0 Å². The first kappa shape index (κ1) is 8.55. The fourth-order valence-electron chi connectivity index (χ4n) is 1.40. The smallest absolute Gasteiger partial charge is 0.413 e. The fraction of sp³-hybridized carbons (Fsp3) is 0.111. The van der Waals surface area contributed by atoms with Crippen LogP contribution in [-0.2, 0) is 0 Å². The molecule has 2 rings (SSSR count). The third kappa shape index (κ3) is 1.19. The van der Waals surface area contributed by atoms with E-state index in [2.05, 4.69) is 5.32 Å². The largest absolute Gasteiger partial charge is 0.465 e. The zero-order chi connectivity index (χ0) is 10.1. The number of benzene rings is 1. The maximum Gasteiger partial charge on any atom is 0.413 e. The van der Waals surface area contributed by atoms with Crippen molar-refractivity contribution >= 4 is 17.7 Å². The van der Waals surface area contributed by atoms with Gasteiger partial charge in [-0.1, -0.05) is 12.1 Å². The average molecular weight is 192 g/mol. The Balaban J connectivity index is 2.52. The van der Waals surface area contributed by atoms with Gasteiger partial charge in [0.15, 0.2) is 0 Å². The fourth-order valence-corrected chi connectivity index (χ4v) is 1.40. The molecule has 0 spiro atoms. The van der Waals surface area contributed by atoms with E-state index in [4.69, 9.17) is 5.11 Å². The average Bonchev–Trinajstić information content (AvgIpc) is 2.18. The number of anilines is 1. The van der Waals surface area contributed by atoms with Crippen molar-refractivity contribution in [1.29, 1.82) is 0 Å². The topological polar surface area (TPSA) is 69.6 Å². The molecule has 2 amide bonds. The second kappa shape index (κ2) is 3.02. The Morgan fingerprint density at radius 3 is 2.86 bits per heavy atom. The van der Waals surface area contributed by atoms with Crippen molar-refractivity contribution < 1.29 is 14.7 Å². The highest BCUT2D eigenvalue weighted by atomic mass is 16.4. The van der Waals surface area contributed by atoms with Crippen LogP contribution in [0.4, 0.5) is 10.5 Å². The second-order valence-electron chi connectivity index (χ2n) is 2.89. The van der Waals surface area contributed by atoms with Gasteiger partial charge >= 0.3 is 6.09 Å². The number of hydrogen-bond donors (Lipinski definition) is 2. The zero-order valence-electron chi connectivity index (χ0n) is 7.23. The molecule has 0 aliphatic carbocycles. The number of carbonyl (C=O) groups excluding carboxylic acids is 1. The molecule has 5 nitrogen and oxygen atoms in total. The molecule has 0 fully saturated rings. The minimum absolute atomic E-state index is 0.00514. The van der Waals surface area contributed by atoms with Crippen LogP contribution in [0.3, 0.4) is 0 Å². The quantitative estimate of drug-likeness (QED) is 0.640. The summed E-state index contributed by atoms with van der Waals surface area (Å²) in [5, 5.41) is 11.3. The maximum atomic E-state index is 11.3. The number of nitrogens with zero attached hydrogens (tertiary/aromatic N) is 1. The summed E-state index contributed by atoms with van der Waals surface area (Å²) in [7, 11) is 0. The van der Waals surface area contributed by atoms with Crippen molar-refractivity contribution in [2.24, 2.45) is 0 Å². The van der Waals surface area contributed by atoms with Gasteiger partial charge in [-0.3, -0.25) is 9.69 Å². The van der Waals surface area contributed by atoms with Gasteiger partial charge in [-0.15, -0.1) is 0 Å². The lowest BCUT2D eigenvalue weighted by Gasteiger charge is -2.26. The Morgan fingerprint density at radius 1 is 1.43 bits per heavy atom. The number of amides is 2. The number of para-hydroxylation sites is 1. The highest BCUT2D eigenvalue weighted by Gasteiger charge is 2.25. The number of fused-ring (bicyclic) bond motifs is 1. The van der Waals surface area contributed by atoms with Gasteiger partial charge in [0.2, 0.25) is 0 Å². The molecule has 1 aromatic rings. The minimum atomic E-state index is -1.07. The van der Waals surface area contributed by atoms with Gasteiger partial charge in [0.1, 0.15) is 6.67 Å². The van der Waals surface area contributed by atoms with Crippen LogP contribution in [0.5, 0.6) is 0 Å². The van der Waals surface area contributed by atoms with Crippen molar-refractivity contribution in [1.82, 2.24) is 5.32 Å². The molecule has 0 saturated heterocycles. The molecule has 5 heteroatoms. The van der Waals surface area contributed by atoms with Crippen LogP contribution in [0.2, 0.25) is 0 Å². The summed E-state index contributed by atoms with van der Waals surface area (Å²) in [5.74, 6) is -0.238. The molecule has 1 aliphatic rings. The van der Waals surface area contributed by atoms with E-state index in [9.17, 15) is 9.59 Å². The van der Waals surface area contributed by atoms with Crippen LogP contribution >= 0.6 is 0 Å². The first-order valence-electron chi connectivity index (χ1n) is 4.08. The van der Waals surface area contributed by atoms with E-state index in [1.807, 2.05) is 0 Å². The molecule has 0 radical (unpaired) electrons. The number of hydrogen-bond acceptors (Lipinski definition) is 2. The van der Waals surface area contributed by atoms with Gasteiger partial charge in [0.25, 0.3) is 5.91 Å². The Labute approximate surface area is 79.9 Å². The van der Waals surface area contributed by atoms with Gasteiger partial charge in [-0.05, 0) is 12.1 Å². The van der Waals surface area contributed by atoms with Crippen LogP contribution in [0, 0.1) is 0 Å². The monoisotopic (exact) mass is 192 g/mol. The Kier molecular flexibility index (Phi) is 1.85. The van der Waals surface area contributed by atoms with Crippen molar-refractivity contribution in [3.05, 3.63) is 29.8 Å². The van der Waals surface area contributed by atoms with Crippen molar-refractivity contribution in [3.63, 3.8) is 0 Å². The summed E-state index contributed by atoms with van der Waals surface area (Å²) in [6.07, 6.45) is -1.07. The third-order valence-electron chi connectivity index (χ3n) is 2.07. The first-order valence-corrected chi connectivity index (χ1v) is 4.08. The van der Waals surface area contributed by atoms with E-state index in [1.165, 1.54) is 0 Å². The predicted molar refractivity (Wildman–Crippen MR) is 49.3 cm³/mol. The maximum absolute atomic E-state index is 11.3. The first-order chi connectivity index (χ1) is 6.70. The van der Waals surface area contributed by atoms with E-state index >= 15 is 0 Å². The Bertz CT molecular complexity index is 403. The van der Waals surface area contributed by atoms with Crippen LogP contribution in [-0.4, -0.2) is 23.8 Å². The molecule has 72 valence electrons. The molecule has 0 bridgehead atoms. The van der Waals surface area contributed by atoms with E-state index in [-0.39, 0.29) is 12.6 Å². The summed E-state index contributed by atoms with van der Waals surface area (Å²) in [5.41, 5.74) is 0.824. The van der Waals surface area contributed by atoms with Crippen LogP contribution in [0.1, 0.15) is 10.4 Å². The SMILES string of the molecule is O=C1NCN(C(=O)O)c2ccccc21. The lowest BCUT2D eigenvalue weighted by molar-refractivity contribution is 0.0948. The van der Waals surface area contributed by atoms with Crippen LogP contribution in [0.25, 0.3) is 0 Å². The lowest BCUT2D eigenvalue weighted by Crippen LogP contribution is -2.45. The van der Waals surface area contributed by atoms with Crippen molar-refractivity contribution in [3.8, 4) is 0 Å². The zero-order valence-corrected chi connectivity index (χ0v) is 7.23. The van der Waals surface area contributed by atoms with E-state index < -0.39 is 6.09 Å². The standard InChI is InChI=1S/C9H8N2O3/c12-8-6-3-1-2-4-7(6)11(5-10-8)9(13)14/h1-4H,5H2,(H,10,12)(H,13,14). The van der Waals surface area contributed by atoms with Crippen molar-refractivity contribution in [2.45, 2.75) is 0 Å². The van der Waals surface area contributed by atoms with Gasteiger partial charge in [-0.25, -0.2) is 4.79 Å². The summed E-state index contributed by atoms with van der Waals surface area (Å²) in [6, 6.07) is 6.61. The molecule has 1 aliphatic heterocycles.